The fourth-order valence-electron chi connectivity index (χ4n) is 3.74. The molecule has 0 atom stereocenters. The normalized spacial score (nSPS) is 13.9. The van der Waals surface area contributed by atoms with Crippen LogP contribution < -0.4 is 14.2 Å². The average Bonchev–Trinajstić information content (AvgIpc) is 3.26. The van der Waals surface area contributed by atoms with Crippen molar-refractivity contribution in [2.24, 2.45) is 0 Å². The number of methoxy groups -OCH3 is 3. The molecule has 0 aliphatic carbocycles. The summed E-state index contributed by atoms with van der Waals surface area (Å²) in [5.41, 5.74) is 1.12. The number of furan rings is 1. The van der Waals surface area contributed by atoms with E-state index in [9.17, 15) is 9.59 Å². The van der Waals surface area contributed by atoms with Gasteiger partial charge in [-0.3, -0.25) is 9.59 Å². The number of hydrogen-bond acceptors (Lipinski definition) is 6. The van der Waals surface area contributed by atoms with Gasteiger partial charge in [0.1, 0.15) is 5.58 Å². The Morgan fingerprint density at radius 3 is 1.94 bits per heavy atom. The molecule has 3 aromatic rings. The molecule has 0 spiro atoms. The summed E-state index contributed by atoms with van der Waals surface area (Å²) in [7, 11) is 4.53. The summed E-state index contributed by atoms with van der Waals surface area (Å²) in [5.74, 6) is 1.26. The van der Waals surface area contributed by atoms with Crippen molar-refractivity contribution in [1.29, 1.82) is 0 Å². The van der Waals surface area contributed by atoms with Gasteiger partial charge in [0, 0.05) is 37.1 Å². The van der Waals surface area contributed by atoms with Crippen LogP contribution in [0.25, 0.3) is 11.0 Å². The molecule has 1 aliphatic heterocycles. The highest BCUT2D eigenvalue weighted by Gasteiger charge is 2.28. The second kappa shape index (κ2) is 8.59. The molecule has 162 valence electrons. The maximum absolute atomic E-state index is 13.1. The van der Waals surface area contributed by atoms with E-state index in [1.165, 1.54) is 21.3 Å². The third-order valence-electron chi connectivity index (χ3n) is 5.40. The Hall–Kier alpha value is -3.68. The first-order valence-electron chi connectivity index (χ1n) is 9.93. The van der Waals surface area contributed by atoms with E-state index in [1.54, 1.807) is 28.0 Å². The second-order valence-electron chi connectivity index (χ2n) is 7.15. The summed E-state index contributed by atoms with van der Waals surface area (Å²) < 4.78 is 21.7. The Labute approximate surface area is 179 Å². The van der Waals surface area contributed by atoms with E-state index in [2.05, 4.69) is 0 Å². The van der Waals surface area contributed by atoms with Gasteiger partial charge in [0.25, 0.3) is 11.8 Å². The molecule has 8 nitrogen and oxygen atoms in total. The minimum Gasteiger partial charge on any atom is -0.493 e. The third-order valence-corrected chi connectivity index (χ3v) is 5.40. The molecule has 2 heterocycles. The van der Waals surface area contributed by atoms with Gasteiger partial charge in [0.15, 0.2) is 17.3 Å². The van der Waals surface area contributed by atoms with Crippen molar-refractivity contribution in [3.05, 3.63) is 53.8 Å². The molecular formula is C23H24N2O6. The number of carbonyl (C=O) groups is 2. The van der Waals surface area contributed by atoms with E-state index in [4.69, 9.17) is 18.6 Å². The zero-order chi connectivity index (χ0) is 22.0. The number of para-hydroxylation sites is 1. The van der Waals surface area contributed by atoms with Crippen LogP contribution in [0.5, 0.6) is 17.2 Å². The molecule has 1 fully saturated rings. The molecule has 2 aromatic carbocycles. The first-order valence-corrected chi connectivity index (χ1v) is 9.93. The lowest BCUT2D eigenvalue weighted by atomic mass is 10.1. The van der Waals surface area contributed by atoms with Gasteiger partial charge in [-0.15, -0.1) is 0 Å². The molecule has 2 amide bonds. The molecule has 8 heteroatoms. The second-order valence-corrected chi connectivity index (χ2v) is 7.15. The van der Waals surface area contributed by atoms with Crippen molar-refractivity contribution in [2.75, 3.05) is 47.5 Å². The monoisotopic (exact) mass is 424 g/mol. The molecular weight excluding hydrogens is 400 g/mol. The van der Waals surface area contributed by atoms with Crippen LogP contribution in [-0.2, 0) is 0 Å². The van der Waals surface area contributed by atoms with Crippen molar-refractivity contribution in [3.63, 3.8) is 0 Å². The molecule has 31 heavy (non-hydrogen) atoms. The zero-order valence-corrected chi connectivity index (χ0v) is 17.7. The largest absolute Gasteiger partial charge is 0.493 e. The molecule has 0 saturated carbocycles. The Bertz CT molecular complexity index is 1060. The van der Waals surface area contributed by atoms with Crippen LogP contribution in [0.1, 0.15) is 20.9 Å². The van der Waals surface area contributed by atoms with Crippen LogP contribution in [0.3, 0.4) is 0 Å². The molecule has 1 aromatic heterocycles. The lowest BCUT2D eigenvalue weighted by Crippen LogP contribution is -2.50. The van der Waals surface area contributed by atoms with E-state index in [0.29, 0.717) is 60.3 Å². The maximum Gasteiger partial charge on any atom is 0.289 e. The molecule has 4 rings (SSSR count). The van der Waals surface area contributed by atoms with Gasteiger partial charge in [-0.05, 0) is 24.3 Å². The molecule has 0 radical (unpaired) electrons. The SMILES string of the molecule is COc1cc(C(=O)N2CCN(C(=O)c3cc4ccccc4o3)CC2)cc(OC)c1OC. The predicted molar refractivity (Wildman–Crippen MR) is 114 cm³/mol. The summed E-state index contributed by atoms with van der Waals surface area (Å²) >= 11 is 0. The Morgan fingerprint density at radius 1 is 0.806 bits per heavy atom. The molecule has 1 aliphatic rings. The number of piperazine rings is 1. The van der Waals surface area contributed by atoms with Crippen molar-refractivity contribution in [2.45, 2.75) is 0 Å². The smallest absolute Gasteiger partial charge is 0.289 e. The molecule has 0 N–H and O–H groups in total. The van der Waals surface area contributed by atoms with Crippen LogP contribution >= 0.6 is 0 Å². The van der Waals surface area contributed by atoms with E-state index in [0.717, 1.165) is 5.39 Å². The van der Waals surface area contributed by atoms with Crippen molar-refractivity contribution >= 4 is 22.8 Å². The summed E-state index contributed by atoms with van der Waals surface area (Å²) in [6, 6.07) is 12.5. The third kappa shape index (κ3) is 3.88. The van der Waals surface area contributed by atoms with Gasteiger partial charge in [0.05, 0.1) is 21.3 Å². The predicted octanol–water partition coefficient (Wildman–Crippen LogP) is 3.06. The number of rotatable bonds is 5. The molecule has 1 saturated heterocycles. The summed E-state index contributed by atoms with van der Waals surface area (Å²) in [6.07, 6.45) is 0. The highest BCUT2D eigenvalue weighted by molar-refractivity contribution is 5.97. The number of hydrogen-bond donors (Lipinski definition) is 0. The average molecular weight is 424 g/mol. The quantitative estimate of drug-likeness (QED) is 0.626. The zero-order valence-electron chi connectivity index (χ0n) is 17.7. The van der Waals surface area contributed by atoms with Crippen LogP contribution in [0.4, 0.5) is 0 Å². The summed E-state index contributed by atoms with van der Waals surface area (Å²) in [4.78, 5) is 29.3. The highest BCUT2D eigenvalue weighted by Crippen LogP contribution is 2.38. The van der Waals surface area contributed by atoms with Crippen LogP contribution in [-0.4, -0.2) is 69.1 Å². The number of fused-ring (bicyclic) bond motifs is 1. The fraction of sp³-hybridized carbons (Fsp3) is 0.304. The van der Waals surface area contributed by atoms with Gasteiger partial charge < -0.3 is 28.4 Å². The van der Waals surface area contributed by atoms with Gasteiger partial charge in [0.2, 0.25) is 5.75 Å². The standard InChI is InChI=1S/C23H24N2O6/c1-28-18-13-16(14-19(29-2)21(18)30-3)22(26)24-8-10-25(11-9-24)23(27)20-12-15-6-4-5-7-17(15)31-20/h4-7,12-14H,8-11H2,1-3H3. The van der Waals surface area contributed by atoms with Crippen molar-refractivity contribution < 1.29 is 28.2 Å². The lowest BCUT2D eigenvalue weighted by Gasteiger charge is -2.34. The van der Waals surface area contributed by atoms with E-state index < -0.39 is 0 Å². The Morgan fingerprint density at radius 2 is 1.39 bits per heavy atom. The highest BCUT2D eigenvalue weighted by atomic mass is 16.5. The Balaban J connectivity index is 1.46. The van der Waals surface area contributed by atoms with Crippen molar-refractivity contribution in [1.82, 2.24) is 9.80 Å². The van der Waals surface area contributed by atoms with Crippen molar-refractivity contribution in [3.8, 4) is 17.2 Å². The topological polar surface area (TPSA) is 81.5 Å². The van der Waals surface area contributed by atoms with Crippen LogP contribution in [0.2, 0.25) is 0 Å². The lowest BCUT2D eigenvalue weighted by molar-refractivity contribution is 0.0519. The van der Waals surface area contributed by atoms with Gasteiger partial charge >= 0.3 is 0 Å². The number of carbonyl (C=O) groups excluding carboxylic acids is 2. The number of nitrogens with zero attached hydrogens (tertiary/aromatic N) is 2. The van der Waals surface area contributed by atoms with Crippen LogP contribution in [0.15, 0.2) is 46.9 Å². The van der Waals surface area contributed by atoms with E-state index in [1.807, 2.05) is 24.3 Å². The minimum absolute atomic E-state index is 0.157. The number of benzene rings is 2. The maximum atomic E-state index is 13.1. The van der Waals surface area contributed by atoms with E-state index >= 15 is 0 Å². The van der Waals surface area contributed by atoms with Gasteiger partial charge in [-0.1, -0.05) is 18.2 Å². The fourth-order valence-corrected chi connectivity index (χ4v) is 3.74. The minimum atomic E-state index is -0.170. The first-order chi connectivity index (χ1) is 15.0. The number of ether oxygens (including phenoxy) is 3. The van der Waals surface area contributed by atoms with Crippen LogP contribution in [0, 0.1) is 0 Å². The molecule has 0 bridgehead atoms. The number of amides is 2. The van der Waals surface area contributed by atoms with Gasteiger partial charge in [-0.25, -0.2) is 0 Å². The Kier molecular flexibility index (Phi) is 5.70. The first kappa shape index (κ1) is 20.6. The summed E-state index contributed by atoms with van der Waals surface area (Å²) in [5, 5.41) is 0.891. The summed E-state index contributed by atoms with van der Waals surface area (Å²) in [6.45, 7) is 1.68. The van der Waals surface area contributed by atoms with Gasteiger partial charge in [-0.2, -0.15) is 0 Å². The van der Waals surface area contributed by atoms with E-state index in [-0.39, 0.29) is 11.8 Å². The molecule has 0 unspecified atom stereocenters.